The van der Waals surface area contributed by atoms with Crippen LogP contribution in [0.2, 0.25) is 0 Å². The minimum Gasteiger partial charge on any atom is -0.494 e. The Hall–Kier alpha value is -1.13. The molecule has 0 radical (unpaired) electrons. The molecule has 4 heteroatoms. The van der Waals surface area contributed by atoms with E-state index in [1.165, 1.54) is 13.2 Å². The van der Waals surface area contributed by atoms with Gasteiger partial charge in [0, 0.05) is 13.1 Å². The van der Waals surface area contributed by atoms with Crippen LogP contribution < -0.4 is 10.5 Å². The fourth-order valence-electron chi connectivity index (χ4n) is 2.00. The Labute approximate surface area is 109 Å². The summed E-state index contributed by atoms with van der Waals surface area (Å²) in [5.41, 5.74) is 6.63. The number of methoxy groups -OCH3 is 1. The first-order valence-electron chi connectivity index (χ1n) is 6.31. The second kappa shape index (κ2) is 7.34. The van der Waals surface area contributed by atoms with Gasteiger partial charge in [0.1, 0.15) is 0 Å². The second-order valence-corrected chi connectivity index (χ2v) is 4.68. The lowest BCUT2D eigenvalue weighted by Gasteiger charge is -2.22. The van der Waals surface area contributed by atoms with Crippen molar-refractivity contribution in [2.75, 3.05) is 27.2 Å². The molecule has 0 heterocycles. The van der Waals surface area contributed by atoms with Crippen LogP contribution in [0.3, 0.4) is 0 Å². The molecule has 1 aromatic rings. The molecule has 0 aliphatic heterocycles. The predicted octanol–water partition coefficient (Wildman–Crippen LogP) is 2.25. The number of halogens is 1. The third-order valence-electron chi connectivity index (χ3n) is 3.15. The van der Waals surface area contributed by atoms with Crippen molar-refractivity contribution in [1.82, 2.24) is 4.90 Å². The van der Waals surface area contributed by atoms with Crippen LogP contribution in [0.25, 0.3) is 0 Å². The van der Waals surface area contributed by atoms with Gasteiger partial charge in [-0.3, -0.25) is 0 Å². The molecule has 0 amide bonds. The molecule has 0 aliphatic rings. The molecule has 3 nitrogen and oxygen atoms in total. The van der Waals surface area contributed by atoms with E-state index in [0.717, 1.165) is 25.1 Å². The quantitative estimate of drug-likeness (QED) is 0.811. The molecular weight excluding hydrogens is 231 g/mol. The molecule has 0 bridgehead atoms. The standard InChI is InChI=1S/C14H23FN2O/c1-4-11(8-16)9-17(2)10-12-5-6-14(18-3)13(15)7-12/h5-7,11H,4,8-10,16H2,1-3H3. The van der Waals surface area contributed by atoms with Crippen LogP contribution >= 0.6 is 0 Å². The number of benzene rings is 1. The van der Waals surface area contributed by atoms with Crippen LogP contribution in [0.5, 0.6) is 5.75 Å². The molecule has 0 fully saturated rings. The van der Waals surface area contributed by atoms with Gasteiger partial charge in [0.15, 0.2) is 11.6 Å². The zero-order valence-corrected chi connectivity index (χ0v) is 11.4. The zero-order chi connectivity index (χ0) is 13.5. The average Bonchev–Trinajstić information content (AvgIpc) is 2.36. The maximum absolute atomic E-state index is 13.5. The van der Waals surface area contributed by atoms with Gasteiger partial charge < -0.3 is 15.4 Å². The fraction of sp³-hybridized carbons (Fsp3) is 0.571. The molecule has 0 saturated heterocycles. The first-order valence-corrected chi connectivity index (χ1v) is 6.31. The van der Waals surface area contributed by atoms with Crippen LogP contribution in [0.4, 0.5) is 4.39 Å². The van der Waals surface area contributed by atoms with Crippen LogP contribution in [-0.2, 0) is 6.54 Å². The van der Waals surface area contributed by atoms with E-state index in [1.807, 2.05) is 13.1 Å². The van der Waals surface area contributed by atoms with Crippen molar-refractivity contribution in [3.8, 4) is 5.75 Å². The van der Waals surface area contributed by atoms with E-state index in [9.17, 15) is 4.39 Å². The largest absolute Gasteiger partial charge is 0.494 e. The minimum atomic E-state index is -0.311. The lowest BCUT2D eigenvalue weighted by Crippen LogP contribution is -2.29. The van der Waals surface area contributed by atoms with E-state index in [0.29, 0.717) is 12.5 Å². The Morgan fingerprint density at radius 1 is 1.44 bits per heavy atom. The Balaban J connectivity index is 2.59. The predicted molar refractivity (Wildman–Crippen MR) is 72.1 cm³/mol. The van der Waals surface area contributed by atoms with Gasteiger partial charge in [0.05, 0.1) is 7.11 Å². The van der Waals surface area contributed by atoms with E-state index in [4.69, 9.17) is 10.5 Å². The summed E-state index contributed by atoms with van der Waals surface area (Å²) in [6.07, 6.45) is 1.07. The molecule has 1 rings (SSSR count). The summed E-state index contributed by atoms with van der Waals surface area (Å²) >= 11 is 0. The van der Waals surface area contributed by atoms with E-state index in [2.05, 4.69) is 11.8 Å². The number of hydrogen-bond acceptors (Lipinski definition) is 3. The average molecular weight is 254 g/mol. The van der Waals surface area contributed by atoms with Gasteiger partial charge in [-0.25, -0.2) is 4.39 Å². The molecule has 18 heavy (non-hydrogen) atoms. The van der Waals surface area contributed by atoms with Crippen molar-refractivity contribution in [1.29, 1.82) is 0 Å². The summed E-state index contributed by atoms with van der Waals surface area (Å²) in [7, 11) is 3.50. The summed E-state index contributed by atoms with van der Waals surface area (Å²) in [5.74, 6) is 0.474. The topological polar surface area (TPSA) is 38.5 Å². The Morgan fingerprint density at radius 3 is 2.67 bits per heavy atom. The van der Waals surface area contributed by atoms with Crippen molar-refractivity contribution in [2.24, 2.45) is 11.7 Å². The maximum atomic E-state index is 13.5. The number of hydrogen-bond donors (Lipinski definition) is 1. The molecular formula is C14H23FN2O. The molecule has 0 aromatic heterocycles. The van der Waals surface area contributed by atoms with Crippen molar-refractivity contribution >= 4 is 0 Å². The van der Waals surface area contributed by atoms with Gasteiger partial charge in [-0.1, -0.05) is 19.4 Å². The molecule has 0 aliphatic carbocycles. The van der Waals surface area contributed by atoms with E-state index in [1.54, 1.807) is 6.07 Å². The second-order valence-electron chi connectivity index (χ2n) is 4.68. The molecule has 0 spiro atoms. The number of ether oxygens (including phenoxy) is 1. The third kappa shape index (κ3) is 4.27. The summed E-state index contributed by atoms with van der Waals surface area (Å²) in [6.45, 7) is 4.48. The minimum absolute atomic E-state index is 0.287. The number of rotatable bonds is 7. The van der Waals surface area contributed by atoms with E-state index < -0.39 is 0 Å². The van der Waals surface area contributed by atoms with Crippen LogP contribution in [0.15, 0.2) is 18.2 Å². The lowest BCUT2D eigenvalue weighted by atomic mass is 10.1. The monoisotopic (exact) mass is 254 g/mol. The number of nitrogens with zero attached hydrogens (tertiary/aromatic N) is 1. The molecule has 0 saturated carbocycles. The van der Waals surface area contributed by atoms with Gasteiger partial charge in [-0.05, 0) is 37.2 Å². The molecule has 102 valence electrons. The summed E-state index contributed by atoms with van der Waals surface area (Å²) in [4.78, 5) is 2.17. The Morgan fingerprint density at radius 2 is 2.17 bits per heavy atom. The highest BCUT2D eigenvalue weighted by molar-refractivity contribution is 5.29. The number of nitrogens with two attached hydrogens (primary N) is 1. The summed E-state index contributed by atoms with van der Waals surface area (Å²) < 4.78 is 18.4. The molecule has 2 N–H and O–H groups in total. The van der Waals surface area contributed by atoms with Crippen molar-refractivity contribution in [3.63, 3.8) is 0 Å². The summed E-state index contributed by atoms with van der Waals surface area (Å²) in [5, 5.41) is 0. The van der Waals surface area contributed by atoms with Crippen LogP contribution in [0.1, 0.15) is 18.9 Å². The molecule has 1 atom stereocenters. The highest BCUT2D eigenvalue weighted by Crippen LogP contribution is 2.18. The highest BCUT2D eigenvalue weighted by Gasteiger charge is 2.10. The third-order valence-corrected chi connectivity index (χ3v) is 3.15. The van der Waals surface area contributed by atoms with E-state index >= 15 is 0 Å². The van der Waals surface area contributed by atoms with Crippen LogP contribution in [0, 0.1) is 11.7 Å². The SMILES string of the molecule is CCC(CN)CN(C)Cc1ccc(OC)c(F)c1. The highest BCUT2D eigenvalue weighted by atomic mass is 19.1. The smallest absolute Gasteiger partial charge is 0.165 e. The van der Waals surface area contributed by atoms with Gasteiger partial charge in [0.25, 0.3) is 0 Å². The fourth-order valence-corrected chi connectivity index (χ4v) is 2.00. The summed E-state index contributed by atoms with van der Waals surface area (Å²) in [6, 6.07) is 5.08. The molecule has 1 unspecified atom stereocenters. The first kappa shape index (κ1) is 14.9. The maximum Gasteiger partial charge on any atom is 0.165 e. The Kier molecular flexibility index (Phi) is 6.09. The lowest BCUT2D eigenvalue weighted by molar-refractivity contribution is 0.267. The van der Waals surface area contributed by atoms with Gasteiger partial charge in [-0.2, -0.15) is 0 Å². The zero-order valence-electron chi connectivity index (χ0n) is 11.4. The van der Waals surface area contributed by atoms with Gasteiger partial charge in [-0.15, -0.1) is 0 Å². The normalized spacial score (nSPS) is 12.8. The Bertz CT molecular complexity index is 367. The van der Waals surface area contributed by atoms with Crippen LogP contribution in [-0.4, -0.2) is 32.1 Å². The van der Waals surface area contributed by atoms with Crippen molar-refractivity contribution in [3.05, 3.63) is 29.6 Å². The molecule has 1 aromatic carbocycles. The van der Waals surface area contributed by atoms with Gasteiger partial charge in [0.2, 0.25) is 0 Å². The van der Waals surface area contributed by atoms with Gasteiger partial charge >= 0.3 is 0 Å². The van der Waals surface area contributed by atoms with E-state index in [-0.39, 0.29) is 11.6 Å². The van der Waals surface area contributed by atoms with Crippen molar-refractivity contribution in [2.45, 2.75) is 19.9 Å². The van der Waals surface area contributed by atoms with Crippen molar-refractivity contribution < 1.29 is 9.13 Å². The first-order chi connectivity index (χ1) is 8.60.